The number of halogens is 1. The Hall–Kier alpha value is -1.82. The molecule has 0 aromatic carbocycles. The molecule has 0 amide bonds. The normalized spacial score (nSPS) is 12.8. The maximum atomic E-state index is 9.45. The molecule has 0 saturated carbocycles. The van der Waals surface area contributed by atoms with Crippen molar-refractivity contribution in [3.63, 3.8) is 0 Å². The van der Waals surface area contributed by atoms with E-state index in [2.05, 4.69) is 10.3 Å². The third kappa shape index (κ3) is 3.68. The molecule has 0 aliphatic rings. The van der Waals surface area contributed by atoms with E-state index < -0.39 is 0 Å². The van der Waals surface area contributed by atoms with Crippen LogP contribution in [0.2, 0.25) is 5.02 Å². The van der Waals surface area contributed by atoms with Gasteiger partial charge in [0.2, 0.25) is 0 Å². The predicted octanol–water partition coefficient (Wildman–Crippen LogP) is 2.52. The van der Waals surface area contributed by atoms with Gasteiger partial charge in [0.05, 0.1) is 17.0 Å². The highest BCUT2D eigenvalue weighted by atomic mass is 35.5. The van der Waals surface area contributed by atoms with Gasteiger partial charge in [-0.15, -0.1) is 0 Å². The van der Waals surface area contributed by atoms with Gasteiger partial charge in [-0.05, 0) is 24.3 Å². The SMILES string of the molecule is OCC(CNCc1cn2cc(Cl)ccc2n1)Cc1ccco1. The molecule has 3 aromatic rings. The van der Waals surface area contributed by atoms with E-state index in [1.54, 1.807) is 6.26 Å². The van der Waals surface area contributed by atoms with Crippen LogP contribution in [0.1, 0.15) is 11.5 Å². The summed E-state index contributed by atoms with van der Waals surface area (Å²) in [7, 11) is 0. The average Bonchev–Trinajstić information content (AvgIpc) is 3.14. The van der Waals surface area contributed by atoms with Crippen LogP contribution in [0.4, 0.5) is 0 Å². The fourth-order valence-electron chi connectivity index (χ4n) is 2.42. The summed E-state index contributed by atoms with van der Waals surface area (Å²) in [6.07, 6.45) is 6.16. The number of hydrogen-bond acceptors (Lipinski definition) is 4. The molecule has 3 rings (SSSR count). The van der Waals surface area contributed by atoms with Crippen LogP contribution < -0.4 is 5.32 Å². The molecule has 0 radical (unpaired) electrons. The summed E-state index contributed by atoms with van der Waals surface area (Å²) in [4.78, 5) is 4.51. The first kappa shape index (κ1) is 15.1. The van der Waals surface area contributed by atoms with Gasteiger partial charge in [0.25, 0.3) is 0 Å². The first-order valence-electron chi connectivity index (χ1n) is 7.21. The quantitative estimate of drug-likeness (QED) is 0.702. The number of aliphatic hydroxyl groups excluding tert-OH is 1. The lowest BCUT2D eigenvalue weighted by Gasteiger charge is -2.13. The maximum absolute atomic E-state index is 9.45. The Labute approximate surface area is 133 Å². The summed E-state index contributed by atoms with van der Waals surface area (Å²) >= 11 is 5.96. The second kappa shape index (κ2) is 6.96. The molecule has 116 valence electrons. The Balaban J connectivity index is 1.54. The molecule has 0 spiro atoms. The molecule has 1 unspecified atom stereocenters. The van der Waals surface area contributed by atoms with Crippen LogP contribution in [0.3, 0.4) is 0 Å². The van der Waals surface area contributed by atoms with E-state index >= 15 is 0 Å². The largest absolute Gasteiger partial charge is 0.469 e. The molecule has 1 atom stereocenters. The summed E-state index contributed by atoms with van der Waals surface area (Å²) in [5, 5.41) is 13.5. The molecule has 2 N–H and O–H groups in total. The number of hydrogen-bond donors (Lipinski definition) is 2. The number of pyridine rings is 1. The van der Waals surface area contributed by atoms with E-state index in [1.165, 1.54) is 0 Å². The standard InChI is InChI=1S/C16H18ClN3O2/c17-13-3-4-16-19-14(10-20(16)9-13)8-18-7-12(11-21)6-15-2-1-5-22-15/h1-5,9-10,12,18,21H,6-8,11H2. The summed E-state index contributed by atoms with van der Waals surface area (Å²) in [5.41, 5.74) is 1.81. The number of imidazole rings is 1. The van der Waals surface area contributed by atoms with Crippen molar-refractivity contribution in [2.75, 3.05) is 13.2 Å². The fraction of sp³-hybridized carbons (Fsp3) is 0.312. The second-order valence-electron chi connectivity index (χ2n) is 5.31. The van der Waals surface area contributed by atoms with Crippen LogP contribution in [-0.4, -0.2) is 27.6 Å². The van der Waals surface area contributed by atoms with Crippen LogP contribution in [0.25, 0.3) is 5.65 Å². The van der Waals surface area contributed by atoms with Crippen molar-refractivity contribution in [1.29, 1.82) is 0 Å². The highest BCUT2D eigenvalue weighted by Crippen LogP contribution is 2.12. The van der Waals surface area contributed by atoms with E-state index in [0.717, 1.165) is 23.5 Å². The number of nitrogens with zero attached hydrogens (tertiary/aromatic N) is 2. The molecule has 6 heteroatoms. The van der Waals surface area contributed by atoms with Crippen LogP contribution >= 0.6 is 11.6 Å². The minimum Gasteiger partial charge on any atom is -0.469 e. The van der Waals surface area contributed by atoms with E-state index in [9.17, 15) is 5.11 Å². The van der Waals surface area contributed by atoms with Crippen molar-refractivity contribution in [3.05, 3.63) is 59.4 Å². The zero-order valence-electron chi connectivity index (χ0n) is 12.1. The smallest absolute Gasteiger partial charge is 0.137 e. The molecule has 3 aromatic heterocycles. The minimum absolute atomic E-state index is 0.120. The van der Waals surface area contributed by atoms with E-state index in [4.69, 9.17) is 16.0 Å². The first-order valence-corrected chi connectivity index (χ1v) is 7.59. The van der Waals surface area contributed by atoms with Gasteiger partial charge < -0.3 is 19.2 Å². The summed E-state index contributed by atoms with van der Waals surface area (Å²) in [6, 6.07) is 7.50. The lowest BCUT2D eigenvalue weighted by atomic mass is 10.1. The van der Waals surface area contributed by atoms with E-state index in [0.29, 0.717) is 18.1 Å². The van der Waals surface area contributed by atoms with Gasteiger partial charge in [0.15, 0.2) is 0 Å². The molecule has 22 heavy (non-hydrogen) atoms. The van der Waals surface area contributed by atoms with Crippen molar-refractivity contribution in [1.82, 2.24) is 14.7 Å². The number of nitrogens with one attached hydrogen (secondary N) is 1. The van der Waals surface area contributed by atoms with Crippen molar-refractivity contribution in [2.45, 2.75) is 13.0 Å². The monoisotopic (exact) mass is 319 g/mol. The van der Waals surface area contributed by atoms with Gasteiger partial charge in [-0.3, -0.25) is 0 Å². The number of aliphatic hydroxyl groups is 1. The molecule has 3 heterocycles. The molecule has 5 nitrogen and oxygen atoms in total. The molecular formula is C16H18ClN3O2. The van der Waals surface area contributed by atoms with Crippen molar-refractivity contribution >= 4 is 17.2 Å². The third-order valence-electron chi connectivity index (χ3n) is 3.53. The zero-order chi connectivity index (χ0) is 15.4. The van der Waals surface area contributed by atoms with E-state index in [-0.39, 0.29) is 12.5 Å². The highest BCUT2D eigenvalue weighted by molar-refractivity contribution is 6.30. The van der Waals surface area contributed by atoms with Gasteiger partial charge in [0.1, 0.15) is 11.4 Å². The number of fused-ring (bicyclic) bond motifs is 1. The second-order valence-corrected chi connectivity index (χ2v) is 5.74. The lowest BCUT2D eigenvalue weighted by Crippen LogP contribution is -2.26. The van der Waals surface area contributed by atoms with Crippen molar-refractivity contribution in [2.24, 2.45) is 5.92 Å². The highest BCUT2D eigenvalue weighted by Gasteiger charge is 2.10. The summed E-state index contributed by atoms with van der Waals surface area (Å²) in [5.74, 6) is 1.01. The van der Waals surface area contributed by atoms with Crippen LogP contribution in [0.5, 0.6) is 0 Å². The van der Waals surface area contributed by atoms with Gasteiger partial charge in [-0.1, -0.05) is 11.6 Å². The minimum atomic E-state index is 0.120. The van der Waals surface area contributed by atoms with Gasteiger partial charge in [-0.2, -0.15) is 0 Å². The Kier molecular flexibility index (Phi) is 4.77. The molecule has 0 bridgehead atoms. The average molecular weight is 320 g/mol. The molecular weight excluding hydrogens is 302 g/mol. The number of aromatic nitrogens is 2. The number of furan rings is 1. The topological polar surface area (TPSA) is 62.7 Å². The Bertz CT molecular complexity index is 724. The summed E-state index contributed by atoms with van der Waals surface area (Å²) < 4.78 is 7.22. The van der Waals surface area contributed by atoms with Gasteiger partial charge in [-0.25, -0.2) is 4.98 Å². The summed E-state index contributed by atoms with van der Waals surface area (Å²) in [6.45, 7) is 1.47. The Morgan fingerprint density at radius 2 is 2.23 bits per heavy atom. The fourth-order valence-corrected chi connectivity index (χ4v) is 2.59. The van der Waals surface area contributed by atoms with Gasteiger partial charge in [0, 0.05) is 44.4 Å². The lowest BCUT2D eigenvalue weighted by molar-refractivity contribution is 0.215. The van der Waals surface area contributed by atoms with Crippen LogP contribution in [0.15, 0.2) is 47.3 Å². The van der Waals surface area contributed by atoms with Gasteiger partial charge >= 0.3 is 0 Å². The predicted molar refractivity (Wildman–Crippen MR) is 84.9 cm³/mol. The molecule has 0 saturated heterocycles. The Morgan fingerprint density at radius 1 is 1.32 bits per heavy atom. The van der Waals surface area contributed by atoms with Crippen molar-refractivity contribution < 1.29 is 9.52 Å². The van der Waals surface area contributed by atoms with Crippen molar-refractivity contribution in [3.8, 4) is 0 Å². The number of rotatable bonds is 7. The third-order valence-corrected chi connectivity index (χ3v) is 3.76. The van der Waals surface area contributed by atoms with Crippen LogP contribution in [-0.2, 0) is 13.0 Å². The van der Waals surface area contributed by atoms with E-state index in [1.807, 2.05) is 41.1 Å². The Morgan fingerprint density at radius 3 is 3.00 bits per heavy atom. The molecule has 0 aliphatic carbocycles. The zero-order valence-corrected chi connectivity index (χ0v) is 12.8. The molecule has 0 aliphatic heterocycles. The first-order chi connectivity index (χ1) is 10.7. The van der Waals surface area contributed by atoms with Crippen LogP contribution in [0, 0.1) is 5.92 Å². The molecule has 0 fully saturated rings. The maximum Gasteiger partial charge on any atom is 0.137 e.